The summed E-state index contributed by atoms with van der Waals surface area (Å²) in [5.41, 5.74) is 3.34. The minimum atomic E-state index is -0.175. The minimum absolute atomic E-state index is 0.00162. The van der Waals surface area contributed by atoms with Crippen molar-refractivity contribution in [3.05, 3.63) is 82.0 Å². The van der Waals surface area contributed by atoms with E-state index in [2.05, 4.69) is 10.2 Å². The van der Waals surface area contributed by atoms with Gasteiger partial charge in [-0.3, -0.25) is 9.59 Å². The van der Waals surface area contributed by atoms with Gasteiger partial charge in [0.05, 0.1) is 17.1 Å². The van der Waals surface area contributed by atoms with E-state index in [1.807, 2.05) is 73.0 Å². The molecule has 32 heavy (non-hydrogen) atoms. The predicted octanol–water partition coefficient (Wildman–Crippen LogP) is 4.61. The van der Waals surface area contributed by atoms with E-state index in [-0.39, 0.29) is 17.4 Å². The fraction of sp³-hybridized carbons (Fsp3) is 0.240. The van der Waals surface area contributed by atoms with Crippen molar-refractivity contribution in [2.24, 2.45) is 5.92 Å². The fourth-order valence-corrected chi connectivity index (χ4v) is 4.94. The third-order valence-corrected chi connectivity index (χ3v) is 6.76. The van der Waals surface area contributed by atoms with Crippen LogP contribution in [-0.4, -0.2) is 28.5 Å². The number of hydrogen-bond donors (Lipinski definition) is 1. The number of carbonyl (C=O) groups is 1. The molecule has 1 amide bonds. The highest BCUT2D eigenvalue weighted by atomic mass is 32.1. The number of piperidine rings is 1. The van der Waals surface area contributed by atoms with E-state index in [1.165, 1.54) is 11.3 Å². The fourth-order valence-electron chi connectivity index (χ4n) is 4.18. The third-order valence-electron chi connectivity index (χ3n) is 5.87. The van der Waals surface area contributed by atoms with Gasteiger partial charge in [-0.05, 0) is 55.5 Å². The number of nitrogens with one attached hydrogen (secondary N) is 1. The van der Waals surface area contributed by atoms with Gasteiger partial charge in [-0.1, -0.05) is 35.9 Å². The van der Waals surface area contributed by atoms with Gasteiger partial charge < -0.3 is 10.2 Å². The topological polar surface area (TPSA) is 67.2 Å². The van der Waals surface area contributed by atoms with Crippen molar-refractivity contribution < 1.29 is 4.79 Å². The van der Waals surface area contributed by atoms with Crippen LogP contribution in [0, 0.1) is 12.8 Å². The summed E-state index contributed by atoms with van der Waals surface area (Å²) in [6, 6.07) is 19.3. The first kappa shape index (κ1) is 20.5. The maximum Gasteiger partial charge on any atom is 0.277 e. The molecule has 3 heterocycles. The van der Waals surface area contributed by atoms with Crippen LogP contribution >= 0.6 is 11.3 Å². The smallest absolute Gasteiger partial charge is 0.277 e. The zero-order valence-electron chi connectivity index (χ0n) is 17.8. The molecule has 1 atom stereocenters. The van der Waals surface area contributed by atoms with Crippen molar-refractivity contribution in [2.45, 2.75) is 19.8 Å². The van der Waals surface area contributed by atoms with Gasteiger partial charge in [-0.2, -0.15) is 0 Å². The highest BCUT2D eigenvalue weighted by Crippen LogP contribution is 2.27. The van der Waals surface area contributed by atoms with Crippen molar-refractivity contribution in [1.82, 2.24) is 9.55 Å². The number of nitrogens with zero attached hydrogens (tertiary/aromatic N) is 3. The summed E-state index contributed by atoms with van der Waals surface area (Å²) in [6.45, 7) is 3.30. The van der Waals surface area contributed by atoms with Crippen molar-refractivity contribution >= 4 is 39.1 Å². The molecule has 2 aromatic carbocycles. The Labute approximate surface area is 190 Å². The van der Waals surface area contributed by atoms with Crippen LogP contribution in [0.1, 0.15) is 18.4 Å². The molecule has 0 saturated carbocycles. The highest BCUT2D eigenvalue weighted by Gasteiger charge is 2.29. The Morgan fingerprint density at radius 3 is 2.66 bits per heavy atom. The largest absolute Gasteiger partial charge is 0.341 e. The number of fused-ring (bicyclic) bond motifs is 1. The Balaban J connectivity index is 1.50. The van der Waals surface area contributed by atoms with Gasteiger partial charge in [0.2, 0.25) is 11.9 Å². The van der Waals surface area contributed by atoms with Crippen molar-refractivity contribution in [1.29, 1.82) is 0 Å². The van der Waals surface area contributed by atoms with Crippen LogP contribution in [0.5, 0.6) is 0 Å². The molecular weight excluding hydrogens is 420 g/mol. The maximum absolute atomic E-state index is 13.4. The lowest BCUT2D eigenvalue weighted by molar-refractivity contribution is -0.120. The highest BCUT2D eigenvalue weighted by molar-refractivity contribution is 7.17. The van der Waals surface area contributed by atoms with E-state index < -0.39 is 0 Å². The second-order valence-electron chi connectivity index (χ2n) is 8.16. The number of hydrogen-bond acceptors (Lipinski definition) is 5. The second kappa shape index (κ2) is 8.59. The molecule has 1 aliphatic heterocycles. The third kappa shape index (κ3) is 3.91. The average Bonchev–Trinajstić information content (AvgIpc) is 3.30. The summed E-state index contributed by atoms with van der Waals surface area (Å²) in [7, 11) is 0. The Morgan fingerprint density at radius 1 is 1.09 bits per heavy atom. The van der Waals surface area contributed by atoms with Gasteiger partial charge in [0.1, 0.15) is 4.70 Å². The molecule has 1 aliphatic rings. The van der Waals surface area contributed by atoms with E-state index in [0.29, 0.717) is 22.7 Å². The number of amides is 1. The van der Waals surface area contributed by atoms with Crippen LogP contribution in [0.25, 0.3) is 15.9 Å². The number of thiophene rings is 1. The van der Waals surface area contributed by atoms with Gasteiger partial charge >= 0.3 is 0 Å². The standard InChI is InChI=1S/C25H24N4O2S/c1-17-9-11-20(12-10-17)29-24(31)22-21(13-15-32-22)27-25(29)28-14-5-6-18(16-28)23(30)26-19-7-3-2-4-8-19/h2-4,7-13,15,18H,5-6,14,16H2,1H3,(H,26,30)/t18-/m0/s1. The Bertz CT molecular complexity index is 1310. The molecule has 0 spiro atoms. The van der Waals surface area contributed by atoms with Crippen LogP contribution in [0.4, 0.5) is 11.6 Å². The van der Waals surface area contributed by atoms with Crippen LogP contribution in [-0.2, 0) is 4.79 Å². The number of anilines is 2. The van der Waals surface area contributed by atoms with Crippen LogP contribution in [0.3, 0.4) is 0 Å². The molecule has 2 aromatic heterocycles. The monoisotopic (exact) mass is 444 g/mol. The first-order valence-electron chi connectivity index (χ1n) is 10.8. The molecule has 4 aromatic rings. The van der Waals surface area contributed by atoms with Gasteiger partial charge in [0.25, 0.3) is 5.56 Å². The number of para-hydroxylation sites is 1. The molecule has 6 nitrogen and oxygen atoms in total. The van der Waals surface area contributed by atoms with Gasteiger partial charge in [-0.25, -0.2) is 9.55 Å². The summed E-state index contributed by atoms with van der Waals surface area (Å²) in [5.74, 6) is 0.425. The maximum atomic E-state index is 13.4. The van der Waals surface area contributed by atoms with E-state index in [0.717, 1.165) is 36.3 Å². The molecule has 7 heteroatoms. The molecular formula is C25H24N4O2S. The number of aryl methyl sites for hydroxylation is 1. The number of benzene rings is 2. The first-order valence-corrected chi connectivity index (χ1v) is 11.7. The lowest BCUT2D eigenvalue weighted by Crippen LogP contribution is -2.43. The van der Waals surface area contributed by atoms with E-state index >= 15 is 0 Å². The lowest BCUT2D eigenvalue weighted by Gasteiger charge is -2.34. The summed E-state index contributed by atoms with van der Waals surface area (Å²) in [6.07, 6.45) is 1.67. The Morgan fingerprint density at radius 2 is 1.88 bits per heavy atom. The van der Waals surface area contributed by atoms with Crippen molar-refractivity contribution in [3.63, 3.8) is 0 Å². The Hall–Kier alpha value is -3.45. The van der Waals surface area contributed by atoms with Gasteiger partial charge in [0, 0.05) is 18.8 Å². The van der Waals surface area contributed by atoms with Crippen LogP contribution < -0.4 is 15.8 Å². The molecule has 0 unspecified atom stereocenters. The van der Waals surface area contributed by atoms with Crippen LogP contribution in [0.2, 0.25) is 0 Å². The van der Waals surface area contributed by atoms with E-state index in [9.17, 15) is 9.59 Å². The molecule has 1 N–H and O–H groups in total. The summed E-state index contributed by atoms with van der Waals surface area (Å²) >= 11 is 1.41. The minimum Gasteiger partial charge on any atom is -0.341 e. The SMILES string of the molecule is Cc1ccc(-n2c(N3CCC[C@H](C(=O)Nc4ccccc4)C3)nc3ccsc3c2=O)cc1. The molecule has 0 aliphatic carbocycles. The summed E-state index contributed by atoms with van der Waals surface area (Å²) in [4.78, 5) is 33.3. The average molecular weight is 445 g/mol. The van der Waals surface area contributed by atoms with Gasteiger partial charge in [-0.15, -0.1) is 11.3 Å². The van der Waals surface area contributed by atoms with E-state index in [4.69, 9.17) is 4.98 Å². The van der Waals surface area contributed by atoms with Crippen molar-refractivity contribution in [3.8, 4) is 5.69 Å². The first-order chi connectivity index (χ1) is 15.6. The molecule has 162 valence electrons. The van der Waals surface area contributed by atoms with Gasteiger partial charge in [0.15, 0.2) is 0 Å². The second-order valence-corrected chi connectivity index (χ2v) is 9.08. The van der Waals surface area contributed by atoms with E-state index in [1.54, 1.807) is 4.57 Å². The normalized spacial score (nSPS) is 16.3. The molecule has 1 saturated heterocycles. The zero-order chi connectivity index (χ0) is 22.1. The molecule has 5 rings (SSSR count). The molecule has 0 radical (unpaired) electrons. The lowest BCUT2D eigenvalue weighted by atomic mass is 9.97. The number of rotatable bonds is 4. The molecule has 1 fully saturated rings. The summed E-state index contributed by atoms with van der Waals surface area (Å²) < 4.78 is 2.33. The predicted molar refractivity (Wildman–Crippen MR) is 130 cm³/mol. The Kier molecular flexibility index (Phi) is 5.49. The van der Waals surface area contributed by atoms with Crippen LogP contribution in [0.15, 0.2) is 70.8 Å². The quantitative estimate of drug-likeness (QED) is 0.499. The summed E-state index contributed by atoms with van der Waals surface area (Å²) in [5, 5.41) is 4.92. The van der Waals surface area contributed by atoms with Crippen molar-refractivity contribution in [2.75, 3.05) is 23.3 Å². The molecule has 0 bridgehead atoms. The number of aromatic nitrogens is 2. The zero-order valence-corrected chi connectivity index (χ0v) is 18.6. The number of carbonyl (C=O) groups excluding carboxylic acids is 1.